The molecule has 2 amide bonds. The van der Waals surface area contributed by atoms with Crippen molar-refractivity contribution in [3.8, 4) is 0 Å². The minimum absolute atomic E-state index is 0.0145. The molecule has 0 radical (unpaired) electrons. The molecule has 1 saturated heterocycles. The molecule has 2 aromatic carbocycles. The van der Waals surface area contributed by atoms with Crippen LogP contribution < -0.4 is 10.6 Å². The number of nitrogens with zero attached hydrogens (tertiary/aromatic N) is 3. The van der Waals surface area contributed by atoms with Gasteiger partial charge in [0.05, 0.1) is 6.54 Å². The van der Waals surface area contributed by atoms with Crippen LogP contribution in [0, 0.1) is 6.92 Å². The highest BCUT2D eigenvalue weighted by Crippen LogP contribution is 2.15. The molecule has 6 nitrogen and oxygen atoms in total. The van der Waals surface area contributed by atoms with Gasteiger partial charge in [-0.2, -0.15) is 0 Å². The van der Waals surface area contributed by atoms with E-state index in [-0.39, 0.29) is 6.03 Å². The molecular formula is C24H33N5O. The molecule has 3 rings (SSSR count). The van der Waals surface area contributed by atoms with E-state index < -0.39 is 0 Å². The number of carbonyl (C=O) groups is 1. The normalized spacial score (nSPS) is 14.0. The number of carbonyl (C=O) groups excluding carboxylic acids is 1. The molecular weight excluding hydrogens is 374 g/mol. The van der Waals surface area contributed by atoms with E-state index in [1.165, 1.54) is 11.1 Å². The highest BCUT2D eigenvalue weighted by atomic mass is 16.2. The van der Waals surface area contributed by atoms with Gasteiger partial charge in [0.25, 0.3) is 0 Å². The van der Waals surface area contributed by atoms with Crippen molar-refractivity contribution >= 4 is 17.7 Å². The van der Waals surface area contributed by atoms with Gasteiger partial charge in [0.1, 0.15) is 0 Å². The number of aryl methyl sites for hydroxylation is 1. The van der Waals surface area contributed by atoms with Crippen molar-refractivity contribution in [2.75, 3.05) is 32.0 Å². The summed E-state index contributed by atoms with van der Waals surface area (Å²) in [6, 6.07) is 16.5. The predicted octanol–water partition coefficient (Wildman–Crippen LogP) is 4.22. The summed E-state index contributed by atoms with van der Waals surface area (Å²) >= 11 is 0. The first-order chi connectivity index (χ1) is 14.5. The summed E-state index contributed by atoms with van der Waals surface area (Å²) < 4.78 is 0. The highest BCUT2D eigenvalue weighted by Gasteiger charge is 2.17. The van der Waals surface area contributed by atoms with E-state index in [1.54, 1.807) is 0 Å². The number of nitrogens with one attached hydrogen (secondary N) is 2. The monoisotopic (exact) mass is 407 g/mol. The fraction of sp³-hybridized carbons (Fsp3) is 0.417. The summed E-state index contributed by atoms with van der Waals surface area (Å²) in [5.41, 5.74) is 4.39. The second-order valence-corrected chi connectivity index (χ2v) is 7.84. The van der Waals surface area contributed by atoms with E-state index in [9.17, 15) is 4.79 Å². The molecule has 1 heterocycles. The van der Waals surface area contributed by atoms with Crippen LogP contribution in [0.25, 0.3) is 0 Å². The Balaban J connectivity index is 1.63. The van der Waals surface area contributed by atoms with Gasteiger partial charge in [0.15, 0.2) is 5.96 Å². The van der Waals surface area contributed by atoms with Crippen LogP contribution in [0.5, 0.6) is 0 Å². The number of rotatable bonds is 6. The number of urea groups is 1. The van der Waals surface area contributed by atoms with Gasteiger partial charge in [0, 0.05) is 38.9 Å². The lowest BCUT2D eigenvalue weighted by Crippen LogP contribution is -2.38. The highest BCUT2D eigenvalue weighted by molar-refractivity contribution is 5.89. The van der Waals surface area contributed by atoms with Crippen molar-refractivity contribution in [1.29, 1.82) is 0 Å². The van der Waals surface area contributed by atoms with Gasteiger partial charge in [-0.05, 0) is 49.9 Å². The lowest BCUT2D eigenvalue weighted by Gasteiger charge is -2.22. The predicted molar refractivity (Wildman–Crippen MR) is 124 cm³/mol. The first-order valence-electron chi connectivity index (χ1n) is 10.7. The van der Waals surface area contributed by atoms with Crippen LogP contribution in [0.3, 0.4) is 0 Å². The second kappa shape index (κ2) is 10.7. The summed E-state index contributed by atoms with van der Waals surface area (Å²) in [4.78, 5) is 21.1. The van der Waals surface area contributed by atoms with E-state index in [0.29, 0.717) is 6.54 Å². The van der Waals surface area contributed by atoms with E-state index >= 15 is 0 Å². The number of anilines is 1. The number of guanidine groups is 1. The average molecular weight is 408 g/mol. The Morgan fingerprint density at radius 2 is 1.83 bits per heavy atom. The number of likely N-dealkylation sites (tertiary alicyclic amines) is 1. The second-order valence-electron chi connectivity index (χ2n) is 7.84. The molecule has 30 heavy (non-hydrogen) atoms. The molecule has 160 valence electrons. The third-order valence-corrected chi connectivity index (χ3v) is 5.22. The smallest absolute Gasteiger partial charge is 0.321 e. The number of hydrogen-bond donors (Lipinski definition) is 2. The van der Waals surface area contributed by atoms with E-state index in [2.05, 4.69) is 53.6 Å². The van der Waals surface area contributed by atoms with E-state index in [4.69, 9.17) is 4.99 Å². The molecule has 0 saturated carbocycles. The van der Waals surface area contributed by atoms with Crippen LogP contribution in [-0.2, 0) is 13.1 Å². The van der Waals surface area contributed by atoms with Crippen LogP contribution in [0.2, 0.25) is 0 Å². The van der Waals surface area contributed by atoms with Crippen molar-refractivity contribution in [2.45, 2.75) is 39.8 Å². The molecule has 0 aliphatic carbocycles. The van der Waals surface area contributed by atoms with Crippen LogP contribution >= 0.6 is 0 Å². The number of aliphatic imine (C=N–C) groups is 1. The third kappa shape index (κ3) is 6.24. The molecule has 6 heteroatoms. The van der Waals surface area contributed by atoms with Gasteiger partial charge in [-0.25, -0.2) is 9.79 Å². The number of benzene rings is 2. The maximum atomic E-state index is 12.3. The summed E-state index contributed by atoms with van der Waals surface area (Å²) in [5.74, 6) is 0.865. The summed E-state index contributed by atoms with van der Waals surface area (Å²) in [6.45, 7) is 8.00. The Morgan fingerprint density at radius 1 is 1.10 bits per heavy atom. The lowest BCUT2D eigenvalue weighted by atomic mass is 10.1. The van der Waals surface area contributed by atoms with Crippen molar-refractivity contribution in [2.24, 2.45) is 4.99 Å². The van der Waals surface area contributed by atoms with Crippen LogP contribution in [0.1, 0.15) is 36.5 Å². The molecule has 1 fully saturated rings. The average Bonchev–Trinajstić information content (AvgIpc) is 3.28. The van der Waals surface area contributed by atoms with E-state index in [0.717, 1.165) is 56.2 Å². The van der Waals surface area contributed by atoms with Gasteiger partial charge in [-0.3, -0.25) is 0 Å². The van der Waals surface area contributed by atoms with E-state index in [1.807, 2.05) is 36.2 Å². The van der Waals surface area contributed by atoms with Crippen molar-refractivity contribution in [1.82, 2.24) is 15.1 Å². The van der Waals surface area contributed by atoms with Crippen molar-refractivity contribution in [3.63, 3.8) is 0 Å². The first-order valence-corrected chi connectivity index (χ1v) is 10.7. The molecule has 0 unspecified atom stereocenters. The zero-order valence-corrected chi connectivity index (χ0v) is 18.3. The van der Waals surface area contributed by atoms with Crippen LogP contribution in [0.4, 0.5) is 10.5 Å². The third-order valence-electron chi connectivity index (χ3n) is 5.22. The fourth-order valence-corrected chi connectivity index (χ4v) is 3.55. The SMILES string of the molecule is CCNC(=NCc1cccc(NC(=O)N2CCCC2)c1)N(C)Cc1ccc(C)cc1. The Hall–Kier alpha value is -3.02. The molecule has 0 spiro atoms. The topological polar surface area (TPSA) is 60.0 Å². The maximum absolute atomic E-state index is 12.3. The van der Waals surface area contributed by atoms with Gasteiger partial charge < -0.3 is 20.4 Å². The minimum atomic E-state index is -0.0145. The maximum Gasteiger partial charge on any atom is 0.321 e. The van der Waals surface area contributed by atoms with Crippen molar-refractivity contribution in [3.05, 3.63) is 65.2 Å². The Morgan fingerprint density at radius 3 is 2.53 bits per heavy atom. The fourth-order valence-electron chi connectivity index (χ4n) is 3.55. The summed E-state index contributed by atoms with van der Waals surface area (Å²) in [6.07, 6.45) is 2.18. The molecule has 1 aliphatic rings. The largest absolute Gasteiger partial charge is 0.357 e. The quantitative estimate of drug-likeness (QED) is 0.557. The molecule has 2 N–H and O–H groups in total. The minimum Gasteiger partial charge on any atom is -0.357 e. The standard InChI is InChI=1S/C24H33N5O/c1-4-25-23(28(3)18-20-12-10-19(2)11-13-20)26-17-21-8-7-9-22(16-21)27-24(30)29-14-5-6-15-29/h7-13,16H,4-6,14-15,17-18H2,1-3H3,(H,25,26)(H,27,30). The molecule has 0 atom stereocenters. The number of amides is 2. The molecule has 0 aromatic heterocycles. The Labute approximate surface area is 180 Å². The number of hydrogen-bond acceptors (Lipinski definition) is 2. The molecule has 0 bridgehead atoms. The lowest BCUT2D eigenvalue weighted by molar-refractivity contribution is 0.222. The molecule has 2 aromatic rings. The summed E-state index contributed by atoms with van der Waals surface area (Å²) in [5, 5.41) is 6.38. The van der Waals surface area contributed by atoms with Crippen molar-refractivity contribution < 1.29 is 4.79 Å². The zero-order chi connectivity index (χ0) is 21.3. The van der Waals surface area contributed by atoms with Crippen LogP contribution in [-0.4, -0.2) is 48.5 Å². The molecule has 1 aliphatic heterocycles. The zero-order valence-electron chi connectivity index (χ0n) is 18.3. The van der Waals surface area contributed by atoms with Gasteiger partial charge in [-0.15, -0.1) is 0 Å². The Kier molecular flexibility index (Phi) is 7.71. The first kappa shape index (κ1) is 21.7. The summed E-state index contributed by atoms with van der Waals surface area (Å²) in [7, 11) is 2.05. The van der Waals surface area contributed by atoms with Gasteiger partial charge in [0.2, 0.25) is 0 Å². The van der Waals surface area contributed by atoms with Crippen LogP contribution in [0.15, 0.2) is 53.5 Å². The Bertz CT molecular complexity index is 856. The van der Waals surface area contributed by atoms with Gasteiger partial charge in [-0.1, -0.05) is 42.0 Å². The van der Waals surface area contributed by atoms with Gasteiger partial charge >= 0.3 is 6.03 Å².